The predicted molar refractivity (Wildman–Crippen MR) is 57.7 cm³/mol. The molecule has 1 fully saturated rings. The molecule has 0 amide bonds. The summed E-state index contributed by atoms with van der Waals surface area (Å²) < 4.78 is 39.8. The number of halogens is 3. The number of aliphatic hydroxyl groups is 1. The molecule has 1 aliphatic rings. The van der Waals surface area contributed by atoms with Gasteiger partial charge in [0.1, 0.15) is 6.61 Å². The van der Waals surface area contributed by atoms with Gasteiger partial charge in [0.2, 0.25) is 0 Å². The molecule has 0 heterocycles. The molecule has 0 spiro atoms. The Balaban J connectivity index is 1.92. The van der Waals surface area contributed by atoms with Crippen molar-refractivity contribution in [2.24, 2.45) is 5.92 Å². The van der Waals surface area contributed by atoms with Crippen LogP contribution in [0.4, 0.5) is 13.2 Å². The van der Waals surface area contributed by atoms with Gasteiger partial charge in [0, 0.05) is 19.7 Å². The van der Waals surface area contributed by atoms with E-state index in [0.29, 0.717) is 12.3 Å². The number of ether oxygens (including phenoxy) is 1. The number of rotatable bonds is 7. The minimum absolute atomic E-state index is 0.136. The molecule has 0 aromatic rings. The molecule has 102 valence electrons. The number of hydrogen-bond acceptors (Lipinski definition) is 3. The van der Waals surface area contributed by atoms with Gasteiger partial charge >= 0.3 is 6.18 Å². The van der Waals surface area contributed by atoms with Crippen LogP contribution >= 0.6 is 0 Å². The highest BCUT2D eigenvalue weighted by Gasteiger charge is 2.28. The number of alkyl halides is 3. The quantitative estimate of drug-likeness (QED) is 0.702. The fourth-order valence-corrected chi connectivity index (χ4v) is 2.01. The molecule has 6 heteroatoms. The van der Waals surface area contributed by atoms with Crippen molar-refractivity contribution in [2.45, 2.75) is 31.5 Å². The fraction of sp³-hybridized carbons (Fsp3) is 1.00. The van der Waals surface area contributed by atoms with Crippen LogP contribution in [0.2, 0.25) is 0 Å². The van der Waals surface area contributed by atoms with E-state index in [-0.39, 0.29) is 12.7 Å². The lowest BCUT2D eigenvalue weighted by atomic mass is 9.82. The Morgan fingerprint density at radius 1 is 1.35 bits per heavy atom. The molecule has 0 bridgehead atoms. The van der Waals surface area contributed by atoms with Crippen LogP contribution in [0.15, 0.2) is 0 Å². The summed E-state index contributed by atoms with van der Waals surface area (Å²) in [6.07, 6.45) is -2.09. The maximum Gasteiger partial charge on any atom is 0.411 e. The van der Waals surface area contributed by atoms with Crippen molar-refractivity contribution < 1.29 is 23.0 Å². The van der Waals surface area contributed by atoms with Gasteiger partial charge < -0.3 is 14.7 Å². The summed E-state index contributed by atoms with van der Waals surface area (Å²) in [5, 5.41) is 9.11. The van der Waals surface area contributed by atoms with Gasteiger partial charge in [-0.25, -0.2) is 0 Å². The summed E-state index contributed by atoms with van der Waals surface area (Å²) in [5.74, 6) is 0.533. The van der Waals surface area contributed by atoms with Crippen LogP contribution in [0.3, 0.4) is 0 Å². The van der Waals surface area contributed by atoms with E-state index < -0.39 is 12.8 Å². The van der Waals surface area contributed by atoms with Crippen LogP contribution in [-0.4, -0.2) is 55.6 Å². The molecule has 1 saturated carbocycles. The van der Waals surface area contributed by atoms with Gasteiger partial charge in [0.05, 0.1) is 6.10 Å². The van der Waals surface area contributed by atoms with Gasteiger partial charge in [-0.1, -0.05) is 0 Å². The van der Waals surface area contributed by atoms with E-state index in [1.807, 2.05) is 7.05 Å². The average molecular weight is 255 g/mol. The zero-order valence-corrected chi connectivity index (χ0v) is 10.0. The van der Waals surface area contributed by atoms with E-state index in [2.05, 4.69) is 9.64 Å². The summed E-state index contributed by atoms with van der Waals surface area (Å²) in [7, 11) is 1.94. The third-order valence-electron chi connectivity index (χ3n) is 2.87. The normalized spacial score (nSPS) is 25.1. The monoisotopic (exact) mass is 255 g/mol. The predicted octanol–water partition coefficient (Wildman–Crippen LogP) is 1.66. The van der Waals surface area contributed by atoms with Crippen molar-refractivity contribution >= 4 is 0 Å². The molecule has 0 aromatic heterocycles. The van der Waals surface area contributed by atoms with Gasteiger partial charge in [-0.15, -0.1) is 0 Å². The third kappa shape index (κ3) is 6.85. The van der Waals surface area contributed by atoms with Crippen LogP contribution < -0.4 is 0 Å². The Kier molecular flexibility index (Phi) is 5.69. The first-order valence-corrected chi connectivity index (χ1v) is 5.88. The van der Waals surface area contributed by atoms with E-state index in [1.54, 1.807) is 0 Å². The van der Waals surface area contributed by atoms with Crippen LogP contribution in [-0.2, 0) is 4.74 Å². The van der Waals surface area contributed by atoms with E-state index in [9.17, 15) is 13.2 Å². The zero-order chi connectivity index (χ0) is 12.9. The smallest absolute Gasteiger partial charge is 0.393 e. The summed E-state index contributed by atoms with van der Waals surface area (Å²) in [4.78, 5) is 2.08. The van der Waals surface area contributed by atoms with Crippen molar-refractivity contribution in [1.29, 1.82) is 0 Å². The highest BCUT2D eigenvalue weighted by molar-refractivity contribution is 4.80. The second kappa shape index (κ2) is 6.56. The minimum Gasteiger partial charge on any atom is -0.393 e. The Morgan fingerprint density at radius 3 is 2.53 bits per heavy atom. The van der Waals surface area contributed by atoms with E-state index >= 15 is 0 Å². The molecular weight excluding hydrogens is 235 g/mol. The fourth-order valence-electron chi connectivity index (χ4n) is 2.01. The Labute approximate surface area is 99.5 Å². The number of nitrogens with zero attached hydrogens (tertiary/aromatic N) is 1. The van der Waals surface area contributed by atoms with Crippen molar-refractivity contribution in [2.75, 3.05) is 33.4 Å². The molecule has 0 atom stereocenters. The highest BCUT2D eigenvalue weighted by Crippen LogP contribution is 2.27. The molecule has 1 rings (SSSR count). The average Bonchev–Trinajstić information content (AvgIpc) is 2.13. The van der Waals surface area contributed by atoms with Gasteiger partial charge in [0.25, 0.3) is 0 Å². The Morgan fingerprint density at radius 2 is 2.00 bits per heavy atom. The third-order valence-corrected chi connectivity index (χ3v) is 2.87. The molecule has 0 aromatic carbocycles. The van der Waals surface area contributed by atoms with Gasteiger partial charge in [0.15, 0.2) is 0 Å². The van der Waals surface area contributed by atoms with Crippen LogP contribution in [0.1, 0.15) is 19.3 Å². The maximum atomic E-state index is 11.7. The first kappa shape index (κ1) is 14.7. The first-order chi connectivity index (χ1) is 7.87. The summed E-state index contributed by atoms with van der Waals surface area (Å²) in [6, 6.07) is 0. The lowest BCUT2D eigenvalue weighted by molar-refractivity contribution is -0.174. The van der Waals surface area contributed by atoms with Gasteiger partial charge in [-0.2, -0.15) is 13.2 Å². The van der Waals surface area contributed by atoms with Crippen LogP contribution in [0.5, 0.6) is 0 Å². The first-order valence-electron chi connectivity index (χ1n) is 5.88. The minimum atomic E-state index is -4.23. The molecule has 3 nitrogen and oxygen atoms in total. The van der Waals surface area contributed by atoms with Gasteiger partial charge in [-0.3, -0.25) is 0 Å². The van der Waals surface area contributed by atoms with Crippen molar-refractivity contribution in [3.8, 4) is 0 Å². The highest BCUT2D eigenvalue weighted by atomic mass is 19.4. The largest absolute Gasteiger partial charge is 0.411 e. The molecule has 0 saturated heterocycles. The molecule has 17 heavy (non-hydrogen) atoms. The van der Waals surface area contributed by atoms with E-state index in [1.165, 1.54) is 0 Å². The molecule has 0 aliphatic heterocycles. The topological polar surface area (TPSA) is 32.7 Å². The number of aliphatic hydroxyl groups excluding tert-OH is 1. The Hall–Kier alpha value is -0.330. The molecule has 1 aliphatic carbocycles. The van der Waals surface area contributed by atoms with Gasteiger partial charge in [-0.05, 0) is 32.2 Å². The molecule has 1 N–H and O–H groups in total. The van der Waals surface area contributed by atoms with E-state index in [0.717, 1.165) is 25.9 Å². The van der Waals surface area contributed by atoms with Crippen molar-refractivity contribution in [1.82, 2.24) is 4.90 Å². The Bertz CT molecular complexity index is 217. The number of hydrogen-bond donors (Lipinski definition) is 1. The zero-order valence-electron chi connectivity index (χ0n) is 10.0. The standard InChI is InChI=1S/C11H20F3NO2/c1-15(7-9-5-10(16)6-9)3-2-4-17-8-11(12,13)14/h9-10,16H,2-8H2,1H3. The summed E-state index contributed by atoms with van der Waals surface area (Å²) >= 11 is 0. The van der Waals surface area contributed by atoms with Crippen molar-refractivity contribution in [3.05, 3.63) is 0 Å². The molecule has 0 unspecified atom stereocenters. The second-order valence-electron chi connectivity index (χ2n) is 4.77. The summed E-state index contributed by atoms with van der Waals surface area (Å²) in [6.45, 7) is 0.601. The van der Waals surface area contributed by atoms with E-state index in [4.69, 9.17) is 5.11 Å². The van der Waals surface area contributed by atoms with Crippen molar-refractivity contribution in [3.63, 3.8) is 0 Å². The molecule has 0 radical (unpaired) electrons. The summed E-state index contributed by atoms with van der Waals surface area (Å²) in [5.41, 5.74) is 0. The maximum absolute atomic E-state index is 11.7. The second-order valence-corrected chi connectivity index (χ2v) is 4.77. The lowest BCUT2D eigenvalue weighted by Crippen LogP contribution is -2.37. The van der Waals surface area contributed by atoms with Crippen LogP contribution in [0.25, 0.3) is 0 Å². The lowest BCUT2D eigenvalue weighted by Gasteiger charge is -2.34. The van der Waals surface area contributed by atoms with Crippen LogP contribution in [0, 0.1) is 5.92 Å². The molecular formula is C11H20F3NO2. The SMILES string of the molecule is CN(CCCOCC(F)(F)F)CC1CC(O)C1.